The molecule has 1 atom stereocenters. The van der Waals surface area contributed by atoms with Crippen LogP contribution < -0.4 is 11.1 Å². The lowest BCUT2D eigenvalue weighted by Crippen LogP contribution is -2.37. The van der Waals surface area contributed by atoms with E-state index in [1.165, 1.54) is 20.9 Å². The van der Waals surface area contributed by atoms with Crippen molar-refractivity contribution in [1.82, 2.24) is 10.2 Å². The fourth-order valence-electron chi connectivity index (χ4n) is 3.32. The lowest BCUT2D eigenvalue weighted by molar-refractivity contribution is 0.185. The first kappa shape index (κ1) is 23.5. The second-order valence-electron chi connectivity index (χ2n) is 6.52. The molecule has 28 heavy (non-hydrogen) atoms. The Labute approximate surface area is 193 Å². The summed E-state index contributed by atoms with van der Waals surface area (Å²) in [7, 11) is 1.68. The van der Waals surface area contributed by atoms with Crippen LogP contribution in [0.1, 0.15) is 22.0 Å². The molecule has 0 spiro atoms. The number of nitrogens with two attached hydrogens (primary N) is 1. The summed E-state index contributed by atoms with van der Waals surface area (Å²) in [4.78, 5) is 9.94. The van der Waals surface area contributed by atoms with E-state index in [1.54, 1.807) is 18.9 Å². The number of benzene rings is 1. The van der Waals surface area contributed by atoms with Gasteiger partial charge in [-0.1, -0.05) is 12.1 Å². The third kappa shape index (κ3) is 6.35. The maximum atomic E-state index is 6.04. The van der Waals surface area contributed by atoms with E-state index in [0.717, 1.165) is 19.5 Å². The largest absolute Gasteiger partial charge is 0.383 e. The zero-order valence-corrected chi connectivity index (χ0v) is 20.4. The Hall–Kier alpha value is -0.810. The Kier molecular flexibility index (Phi) is 10.1. The van der Waals surface area contributed by atoms with Crippen LogP contribution in [0.25, 0.3) is 0 Å². The highest BCUT2D eigenvalue weighted by molar-refractivity contribution is 14.0. The molecule has 3 rings (SSSR count). The van der Waals surface area contributed by atoms with Crippen LogP contribution in [0.5, 0.6) is 0 Å². The molecule has 154 valence electrons. The Morgan fingerprint density at radius 1 is 1.36 bits per heavy atom. The van der Waals surface area contributed by atoms with Gasteiger partial charge in [-0.25, -0.2) is 0 Å². The van der Waals surface area contributed by atoms with Crippen LogP contribution in [0, 0.1) is 0 Å². The number of guanidine groups is 1. The summed E-state index contributed by atoms with van der Waals surface area (Å²) in [6.07, 6.45) is 3.21. The van der Waals surface area contributed by atoms with Crippen LogP contribution in [0.2, 0.25) is 0 Å². The average molecular weight is 533 g/mol. The highest BCUT2D eigenvalue weighted by Gasteiger charge is 2.25. The number of halogens is 1. The maximum Gasteiger partial charge on any atom is 0.188 e. The molecule has 1 aliphatic rings. The third-order valence-electron chi connectivity index (χ3n) is 4.83. The third-order valence-corrected chi connectivity index (χ3v) is 6.59. The van der Waals surface area contributed by atoms with Gasteiger partial charge in [-0.15, -0.1) is 47.1 Å². The van der Waals surface area contributed by atoms with Gasteiger partial charge in [0.25, 0.3) is 0 Å². The maximum absolute atomic E-state index is 6.04. The molecule has 2 aromatic rings. The average Bonchev–Trinajstić information content (AvgIpc) is 3.17. The second kappa shape index (κ2) is 12.0. The van der Waals surface area contributed by atoms with Gasteiger partial charge in [0.15, 0.2) is 5.96 Å². The monoisotopic (exact) mass is 532 g/mol. The highest BCUT2D eigenvalue weighted by Crippen LogP contribution is 2.31. The number of nitrogens with zero attached hydrogens (tertiary/aromatic N) is 2. The van der Waals surface area contributed by atoms with Gasteiger partial charge in [0.2, 0.25) is 0 Å². The van der Waals surface area contributed by atoms with Gasteiger partial charge in [0.1, 0.15) is 0 Å². The predicted molar refractivity (Wildman–Crippen MR) is 131 cm³/mol. The van der Waals surface area contributed by atoms with Crippen LogP contribution in [0.4, 0.5) is 0 Å². The SMILES string of the molecule is COCCNC(N)=NCC(c1ccc(SC)cc1)N1CCc2sccc2C1.I. The van der Waals surface area contributed by atoms with Gasteiger partial charge in [-0.3, -0.25) is 9.89 Å². The van der Waals surface area contributed by atoms with Crippen LogP contribution >= 0.6 is 47.1 Å². The number of nitrogens with one attached hydrogen (secondary N) is 1. The Morgan fingerprint density at radius 2 is 2.14 bits per heavy atom. The van der Waals surface area contributed by atoms with E-state index < -0.39 is 0 Å². The number of fused-ring (bicyclic) bond motifs is 1. The summed E-state index contributed by atoms with van der Waals surface area (Å²) in [5, 5.41) is 5.31. The van der Waals surface area contributed by atoms with Crippen LogP contribution in [-0.4, -0.2) is 50.5 Å². The first-order chi connectivity index (χ1) is 13.2. The molecular formula is C20H29IN4OS2. The summed E-state index contributed by atoms with van der Waals surface area (Å²) in [6, 6.07) is 11.3. The van der Waals surface area contributed by atoms with Crippen molar-refractivity contribution in [2.75, 3.05) is 39.6 Å². The van der Waals surface area contributed by atoms with Crippen molar-refractivity contribution in [2.45, 2.75) is 23.9 Å². The summed E-state index contributed by atoms with van der Waals surface area (Å²) in [5.41, 5.74) is 8.78. The molecule has 0 saturated heterocycles. The van der Waals surface area contributed by atoms with Crippen molar-refractivity contribution < 1.29 is 4.74 Å². The number of thioether (sulfide) groups is 1. The molecule has 0 radical (unpaired) electrons. The molecule has 1 aliphatic heterocycles. The topological polar surface area (TPSA) is 62.9 Å². The minimum Gasteiger partial charge on any atom is -0.383 e. The Balaban J connectivity index is 0.00000280. The summed E-state index contributed by atoms with van der Waals surface area (Å²) >= 11 is 3.63. The summed E-state index contributed by atoms with van der Waals surface area (Å²) in [6.45, 7) is 3.95. The van der Waals surface area contributed by atoms with Gasteiger partial charge in [-0.2, -0.15) is 0 Å². The van der Waals surface area contributed by atoms with Crippen molar-refractivity contribution >= 4 is 53.0 Å². The molecule has 5 nitrogen and oxygen atoms in total. The smallest absolute Gasteiger partial charge is 0.188 e. The summed E-state index contributed by atoms with van der Waals surface area (Å²) in [5.74, 6) is 0.478. The van der Waals surface area contributed by atoms with Gasteiger partial charge in [-0.05, 0) is 47.4 Å². The van der Waals surface area contributed by atoms with Crippen molar-refractivity contribution in [3.8, 4) is 0 Å². The van der Waals surface area contributed by atoms with E-state index in [4.69, 9.17) is 10.5 Å². The number of hydrogen-bond acceptors (Lipinski definition) is 5. The van der Waals surface area contributed by atoms with E-state index in [9.17, 15) is 0 Å². The van der Waals surface area contributed by atoms with Crippen LogP contribution in [0.3, 0.4) is 0 Å². The van der Waals surface area contributed by atoms with Crippen LogP contribution in [-0.2, 0) is 17.7 Å². The molecule has 8 heteroatoms. The fourth-order valence-corrected chi connectivity index (χ4v) is 4.61. The number of thiophene rings is 1. The van der Waals surface area contributed by atoms with Gasteiger partial charge in [0, 0.05) is 36.5 Å². The van der Waals surface area contributed by atoms with E-state index in [1.807, 2.05) is 11.3 Å². The normalized spacial score (nSPS) is 15.6. The first-order valence-corrected chi connectivity index (χ1v) is 11.3. The van der Waals surface area contributed by atoms with Gasteiger partial charge >= 0.3 is 0 Å². The molecule has 0 aliphatic carbocycles. The Morgan fingerprint density at radius 3 is 2.86 bits per heavy atom. The lowest BCUT2D eigenvalue weighted by Gasteiger charge is -2.34. The predicted octanol–water partition coefficient (Wildman–Crippen LogP) is 3.74. The van der Waals surface area contributed by atoms with E-state index in [2.05, 4.69) is 57.2 Å². The van der Waals surface area contributed by atoms with Crippen molar-refractivity contribution in [1.29, 1.82) is 0 Å². The minimum absolute atomic E-state index is 0. The molecule has 1 aromatic carbocycles. The van der Waals surface area contributed by atoms with Crippen molar-refractivity contribution in [3.63, 3.8) is 0 Å². The molecule has 3 N–H and O–H groups in total. The summed E-state index contributed by atoms with van der Waals surface area (Å²) < 4.78 is 5.05. The lowest BCUT2D eigenvalue weighted by atomic mass is 10.0. The molecule has 1 unspecified atom stereocenters. The van der Waals surface area contributed by atoms with Crippen LogP contribution in [0.15, 0.2) is 45.6 Å². The molecule has 2 heterocycles. The number of rotatable bonds is 8. The quantitative estimate of drug-likeness (QED) is 0.178. The van der Waals surface area contributed by atoms with E-state index >= 15 is 0 Å². The Bertz CT molecular complexity index is 751. The van der Waals surface area contributed by atoms with Crippen molar-refractivity contribution in [3.05, 3.63) is 51.7 Å². The molecular weight excluding hydrogens is 503 g/mol. The standard InChI is InChI=1S/C20H28N4OS2.HI/c1-25-11-9-22-20(21)23-13-18(15-3-5-17(26-2)6-4-15)24-10-7-19-16(14-24)8-12-27-19;/h3-6,8,12,18H,7,9-11,13-14H2,1-2H3,(H3,21,22,23);1H. The van der Waals surface area contributed by atoms with E-state index in [-0.39, 0.29) is 30.0 Å². The number of hydrogen-bond donors (Lipinski definition) is 2. The first-order valence-electron chi connectivity index (χ1n) is 9.17. The fraction of sp³-hybridized carbons (Fsp3) is 0.450. The zero-order chi connectivity index (χ0) is 19.1. The highest BCUT2D eigenvalue weighted by atomic mass is 127. The zero-order valence-electron chi connectivity index (χ0n) is 16.4. The number of methoxy groups -OCH3 is 1. The van der Waals surface area contributed by atoms with E-state index in [0.29, 0.717) is 25.7 Å². The molecule has 0 fully saturated rings. The van der Waals surface area contributed by atoms with Crippen molar-refractivity contribution in [2.24, 2.45) is 10.7 Å². The van der Waals surface area contributed by atoms with Gasteiger partial charge < -0.3 is 15.8 Å². The molecule has 1 aromatic heterocycles. The minimum atomic E-state index is 0. The molecule has 0 saturated carbocycles. The number of aliphatic imine (C=N–C) groups is 1. The molecule has 0 bridgehead atoms. The molecule has 0 amide bonds. The number of ether oxygens (including phenoxy) is 1. The second-order valence-corrected chi connectivity index (χ2v) is 8.40. The van der Waals surface area contributed by atoms with Gasteiger partial charge in [0.05, 0.1) is 19.2 Å².